The number of nitrogens with two attached hydrogens (primary N) is 1. The van der Waals surface area contributed by atoms with Crippen LogP contribution in [0, 0.1) is 5.82 Å². The van der Waals surface area contributed by atoms with Crippen LogP contribution in [0.2, 0.25) is 0 Å². The number of methoxy groups -OCH3 is 1. The van der Waals surface area contributed by atoms with Gasteiger partial charge in [0, 0.05) is 5.69 Å². The van der Waals surface area contributed by atoms with Gasteiger partial charge in [0.05, 0.1) is 17.1 Å². The molecule has 0 unspecified atom stereocenters. The Labute approximate surface area is 129 Å². The molecule has 0 aliphatic rings. The van der Waals surface area contributed by atoms with Gasteiger partial charge >= 0.3 is 5.97 Å². The molecule has 0 saturated carbocycles. The van der Waals surface area contributed by atoms with E-state index in [2.05, 4.69) is 15.9 Å². The number of carbonyl (C=O) groups is 1. The third kappa shape index (κ3) is 3.95. The number of hydrogen-bond donors (Lipinski definition) is 1. The van der Waals surface area contributed by atoms with Crippen LogP contribution in [0.5, 0.6) is 5.75 Å². The van der Waals surface area contributed by atoms with Gasteiger partial charge in [0.1, 0.15) is 18.2 Å². The van der Waals surface area contributed by atoms with Crippen molar-refractivity contribution in [2.45, 2.75) is 6.61 Å². The summed E-state index contributed by atoms with van der Waals surface area (Å²) < 4.78 is 24.2. The highest BCUT2D eigenvalue weighted by Gasteiger charge is 2.10. The van der Waals surface area contributed by atoms with Gasteiger partial charge in [0.25, 0.3) is 0 Å². The number of carbonyl (C=O) groups excluding carboxylic acids is 1. The molecule has 2 N–H and O–H groups in total. The molecule has 2 aromatic rings. The first-order valence-electron chi connectivity index (χ1n) is 6.05. The summed E-state index contributed by atoms with van der Waals surface area (Å²) in [5.41, 5.74) is 6.53. The van der Waals surface area contributed by atoms with Crippen molar-refractivity contribution in [2.24, 2.45) is 0 Å². The summed E-state index contributed by atoms with van der Waals surface area (Å²) in [7, 11) is 1.56. The zero-order chi connectivity index (χ0) is 15.4. The van der Waals surface area contributed by atoms with Crippen molar-refractivity contribution in [3.8, 4) is 5.75 Å². The molecule has 0 saturated heterocycles. The predicted molar refractivity (Wildman–Crippen MR) is 80.6 cm³/mol. The first kappa shape index (κ1) is 15.3. The van der Waals surface area contributed by atoms with Crippen LogP contribution in [-0.4, -0.2) is 13.1 Å². The van der Waals surface area contributed by atoms with E-state index in [4.69, 9.17) is 15.2 Å². The molecule has 0 bridgehead atoms. The maximum atomic E-state index is 13.2. The SMILES string of the molecule is COc1ccc(COC(=O)c2cc(N)cc(F)c2)cc1Br. The minimum absolute atomic E-state index is 0.0673. The van der Waals surface area contributed by atoms with Crippen molar-refractivity contribution >= 4 is 27.6 Å². The molecule has 0 aliphatic carbocycles. The molecule has 0 aliphatic heterocycles. The van der Waals surface area contributed by atoms with Gasteiger partial charge in [-0.3, -0.25) is 0 Å². The van der Waals surface area contributed by atoms with Crippen LogP contribution in [0.25, 0.3) is 0 Å². The van der Waals surface area contributed by atoms with Gasteiger partial charge in [0.2, 0.25) is 0 Å². The Hall–Kier alpha value is -2.08. The Kier molecular flexibility index (Phi) is 4.80. The normalized spacial score (nSPS) is 10.2. The fraction of sp³-hybridized carbons (Fsp3) is 0.133. The molecule has 4 nitrogen and oxygen atoms in total. The smallest absolute Gasteiger partial charge is 0.338 e. The van der Waals surface area contributed by atoms with Gasteiger partial charge in [-0.1, -0.05) is 6.07 Å². The van der Waals surface area contributed by atoms with Crippen molar-refractivity contribution in [1.82, 2.24) is 0 Å². The largest absolute Gasteiger partial charge is 0.496 e. The van der Waals surface area contributed by atoms with Crippen LogP contribution in [0.1, 0.15) is 15.9 Å². The summed E-state index contributed by atoms with van der Waals surface area (Å²) in [5, 5.41) is 0. The quantitative estimate of drug-likeness (QED) is 0.674. The summed E-state index contributed by atoms with van der Waals surface area (Å²) in [5.74, 6) is -0.523. The summed E-state index contributed by atoms with van der Waals surface area (Å²) in [4.78, 5) is 11.8. The van der Waals surface area contributed by atoms with Crippen LogP contribution < -0.4 is 10.5 Å². The molecule has 2 aromatic carbocycles. The van der Waals surface area contributed by atoms with E-state index in [9.17, 15) is 9.18 Å². The second-order valence-corrected chi connectivity index (χ2v) is 5.17. The maximum Gasteiger partial charge on any atom is 0.338 e. The van der Waals surface area contributed by atoms with Crippen molar-refractivity contribution < 1.29 is 18.7 Å². The van der Waals surface area contributed by atoms with E-state index in [1.807, 2.05) is 0 Å². The monoisotopic (exact) mass is 353 g/mol. The number of hydrogen-bond acceptors (Lipinski definition) is 4. The van der Waals surface area contributed by atoms with Crippen LogP contribution in [0.4, 0.5) is 10.1 Å². The minimum atomic E-state index is -0.631. The van der Waals surface area contributed by atoms with Gasteiger partial charge < -0.3 is 15.2 Å². The van der Waals surface area contributed by atoms with E-state index in [1.54, 1.807) is 25.3 Å². The lowest BCUT2D eigenvalue weighted by atomic mass is 10.2. The van der Waals surface area contributed by atoms with Crippen LogP contribution in [-0.2, 0) is 11.3 Å². The average Bonchev–Trinajstić information content (AvgIpc) is 2.43. The molecule has 0 heterocycles. The van der Waals surface area contributed by atoms with Crippen LogP contribution in [0.3, 0.4) is 0 Å². The zero-order valence-electron chi connectivity index (χ0n) is 11.2. The third-order valence-corrected chi connectivity index (χ3v) is 3.36. The number of ether oxygens (including phenoxy) is 2. The summed E-state index contributed by atoms with van der Waals surface area (Å²) in [6.07, 6.45) is 0. The molecule has 2 rings (SSSR count). The highest BCUT2D eigenvalue weighted by molar-refractivity contribution is 9.10. The molecule has 6 heteroatoms. The Bertz CT molecular complexity index is 656. The van der Waals surface area contributed by atoms with E-state index in [1.165, 1.54) is 6.07 Å². The first-order valence-corrected chi connectivity index (χ1v) is 6.84. The maximum absolute atomic E-state index is 13.2. The number of rotatable bonds is 4. The highest BCUT2D eigenvalue weighted by atomic mass is 79.9. The van der Waals surface area contributed by atoms with Crippen molar-refractivity contribution in [3.63, 3.8) is 0 Å². The van der Waals surface area contributed by atoms with Gasteiger partial charge in [-0.15, -0.1) is 0 Å². The molecule has 0 fully saturated rings. The number of benzene rings is 2. The van der Waals surface area contributed by atoms with Crippen molar-refractivity contribution in [2.75, 3.05) is 12.8 Å². The van der Waals surface area contributed by atoms with E-state index in [0.717, 1.165) is 22.2 Å². The van der Waals surface area contributed by atoms with E-state index in [0.29, 0.717) is 5.75 Å². The highest BCUT2D eigenvalue weighted by Crippen LogP contribution is 2.26. The second-order valence-electron chi connectivity index (χ2n) is 4.32. The van der Waals surface area contributed by atoms with E-state index >= 15 is 0 Å². The summed E-state index contributed by atoms with van der Waals surface area (Å²) in [6, 6.07) is 8.91. The topological polar surface area (TPSA) is 61.5 Å². The van der Waals surface area contributed by atoms with E-state index < -0.39 is 11.8 Å². The van der Waals surface area contributed by atoms with Crippen molar-refractivity contribution in [1.29, 1.82) is 0 Å². The van der Waals surface area contributed by atoms with Gasteiger partial charge in [-0.2, -0.15) is 0 Å². The average molecular weight is 354 g/mol. The first-order chi connectivity index (χ1) is 9.99. The van der Waals surface area contributed by atoms with Crippen molar-refractivity contribution in [3.05, 3.63) is 57.8 Å². The molecule has 110 valence electrons. The second kappa shape index (κ2) is 6.58. The molecule has 21 heavy (non-hydrogen) atoms. The number of anilines is 1. The molecular weight excluding hydrogens is 341 g/mol. The fourth-order valence-electron chi connectivity index (χ4n) is 1.76. The molecule has 0 aromatic heterocycles. The van der Waals surface area contributed by atoms with E-state index in [-0.39, 0.29) is 17.9 Å². The molecular formula is C15H13BrFNO3. The zero-order valence-corrected chi connectivity index (χ0v) is 12.8. The minimum Gasteiger partial charge on any atom is -0.496 e. The Morgan fingerprint density at radius 3 is 2.67 bits per heavy atom. The van der Waals surface area contributed by atoms with Gasteiger partial charge in [0.15, 0.2) is 0 Å². The van der Waals surface area contributed by atoms with Crippen LogP contribution >= 0.6 is 15.9 Å². The fourth-order valence-corrected chi connectivity index (χ4v) is 2.35. The molecule has 0 radical (unpaired) electrons. The van der Waals surface area contributed by atoms with Crippen LogP contribution in [0.15, 0.2) is 40.9 Å². The summed E-state index contributed by atoms with van der Waals surface area (Å²) >= 11 is 3.35. The lowest BCUT2D eigenvalue weighted by molar-refractivity contribution is 0.0472. The Morgan fingerprint density at radius 2 is 2.05 bits per heavy atom. The number of halogens is 2. The lowest BCUT2D eigenvalue weighted by Gasteiger charge is -2.08. The number of esters is 1. The molecule has 0 spiro atoms. The summed E-state index contributed by atoms with van der Waals surface area (Å²) in [6.45, 7) is 0.0673. The molecule has 0 amide bonds. The van der Waals surface area contributed by atoms with Gasteiger partial charge in [-0.05, 0) is 51.8 Å². The third-order valence-electron chi connectivity index (χ3n) is 2.74. The predicted octanol–water partition coefficient (Wildman–Crippen LogP) is 3.54. The molecule has 0 atom stereocenters. The Balaban J connectivity index is 2.05. The standard InChI is InChI=1S/C15H13BrFNO3/c1-20-14-3-2-9(4-13(14)16)8-21-15(19)10-5-11(17)7-12(18)6-10/h2-7H,8,18H2,1H3. The van der Waals surface area contributed by atoms with Gasteiger partial charge in [-0.25, -0.2) is 9.18 Å². The number of nitrogen functional groups attached to an aromatic ring is 1. The lowest BCUT2D eigenvalue weighted by Crippen LogP contribution is -2.06. The Morgan fingerprint density at radius 1 is 1.29 bits per heavy atom.